The lowest BCUT2D eigenvalue weighted by Crippen LogP contribution is -2.58. The van der Waals surface area contributed by atoms with Gasteiger partial charge in [-0.05, 0) is 22.9 Å². The van der Waals surface area contributed by atoms with Crippen molar-refractivity contribution in [3.63, 3.8) is 0 Å². The van der Waals surface area contributed by atoms with Gasteiger partial charge in [-0.3, -0.25) is 23.4 Å². The first-order chi connectivity index (χ1) is 20.2. The van der Waals surface area contributed by atoms with Gasteiger partial charge >= 0.3 is 21.3 Å². The highest BCUT2D eigenvalue weighted by molar-refractivity contribution is 8.76. The van der Waals surface area contributed by atoms with Crippen LogP contribution >= 0.6 is 37.2 Å². The molecule has 240 valence electrons. The molecule has 4 heterocycles. The third-order valence-electron chi connectivity index (χ3n) is 5.99. The van der Waals surface area contributed by atoms with Crippen molar-refractivity contribution in [3.05, 3.63) is 57.5 Å². The van der Waals surface area contributed by atoms with Gasteiger partial charge in [0.25, 0.3) is 5.56 Å². The molecular weight excluding hydrogens is 664 g/mol. The van der Waals surface area contributed by atoms with Crippen molar-refractivity contribution in [2.45, 2.75) is 60.3 Å². The summed E-state index contributed by atoms with van der Waals surface area (Å²) < 4.78 is 49.7. The van der Waals surface area contributed by atoms with E-state index in [2.05, 4.69) is 18.3 Å². The summed E-state index contributed by atoms with van der Waals surface area (Å²) in [7, 11) is -8.75. The maximum absolute atomic E-state index is 12.5. The van der Waals surface area contributed by atoms with Crippen LogP contribution in [0.5, 0.6) is 0 Å². The van der Waals surface area contributed by atoms with Gasteiger partial charge in [-0.15, -0.1) is 0 Å². The molecule has 0 bridgehead atoms. The Balaban J connectivity index is 1.32. The average molecular weight is 692 g/mol. The van der Waals surface area contributed by atoms with Gasteiger partial charge in [0.05, 0.1) is 12.7 Å². The van der Waals surface area contributed by atoms with Crippen LogP contribution in [-0.4, -0.2) is 111 Å². The minimum Gasteiger partial charge on any atom is -0.388 e. The van der Waals surface area contributed by atoms with Crippen LogP contribution in [0.25, 0.3) is 0 Å². The molecule has 23 heteroatoms. The number of hydrogen-bond acceptors (Lipinski definition) is 17. The minimum absolute atomic E-state index is 0.0218. The number of aliphatic hydroxyl groups excluding tert-OH is 5. The van der Waals surface area contributed by atoms with E-state index in [1.165, 1.54) is 10.8 Å². The van der Waals surface area contributed by atoms with Crippen molar-refractivity contribution in [2.24, 2.45) is 0 Å². The lowest BCUT2D eigenvalue weighted by Gasteiger charge is -2.40. The third-order valence-corrected chi connectivity index (χ3v) is 10.9. The molecule has 0 aliphatic carbocycles. The van der Waals surface area contributed by atoms with Crippen molar-refractivity contribution in [1.29, 1.82) is 0 Å². The molecule has 2 aliphatic rings. The molecular formula is C20H27N3O16P2S2. The predicted molar refractivity (Wildman–Crippen MR) is 144 cm³/mol. The average Bonchev–Trinajstić information content (AvgIpc) is 3.21. The van der Waals surface area contributed by atoms with E-state index in [0.717, 1.165) is 27.6 Å². The molecule has 43 heavy (non-hydrogen) atoms. The van der Waals surface area contributed by atoms with Gasteiger partial charge in [0.15, 0.2) is 12.5 Å². The van der Waals surface area contributed by atoms with Crippen LogP contribution in [0.1, 0.15) is 6.23 Å². The number of aromatic nitrogens is 3. The van der Waals surface area contributed by atoms with Crippen LogP contribution in [0.4, 0.5) is 0 Å². The zero-order valence-electron chi connectivity index (χ0n) is 21.5. The molecule has 19 nitrogen and oxygen atoms in total. The van der Waals surface area contributed by atoms with Crippen LogP contribution in [0.2, 0.25) is 0 Å². The molecule has 4 rings (SSSR count). The first kappa shape index (κ1) is 34.4. The van der Waals surface area contributed by atoms with Crippen molar-refractivity contribution in [2.75, 3.05) is 12.4 Å². The Morgan fingerprint density at radius 2 is 1.65 bits per heavy atom. The van der Waals surface area contributed by atoms with E-state index in [1.807, 2.05) is 4.98 Å². The van der Waals surface area contributed by atoms with E-state index in [4.69, 9.17) is 9.47 Å². The molecule has 0 aromatic carbocycles. The van der Waals surface area contributed by atoms with Gasteiger partial charge in [0.1, 0.15) is 41.6 Å². The van der Waals surface area contributed by atoms with Crippen molar-refractivity contribution in [1.82, 2.24) is 14.5 Å². The molecule has 0 saturated carbocycles. The second-order valence-electron chi connectivity index (χ2n) is 9.03. The van der Waals surface area contributed by atoms with Gasteiger partial charge in [-0.1, -0.05) is 16.9 Å². The number of H-pyrrole nitrogens is 1. The molecule has 11 atom stereocenters. The van der Waals surface area contributed by atoms with Crippen LogP contribution in [0.3, 0.4) is 0 Å². The van der Waals surface area contributed by atoms with Gasteiger partial charge in [0.2, 0.25) is 0 Å². The van der Waals surface area contributed by atoms with Crippen LogP contribution in [0, 0.1) is 0 Å². The normalized spacial score (nSPS) is 34.0. The van der Waals surface area contributed by atoms with E-state index in [-0.39, 0.29) is 5.75 Å². The molecule has 8 N–H and O–H groups in total. The highest BCUT2D eigenvalue weighted by Crippen LogP contribution is 2.61. The Bertz CT molecular complexity index is 1450. The number of phosphoric acid groups is 2. The maximum atomic E-state index is 12.5. The van der Waals surface area contributed by atoms with Gasteiger partial charge in [-0.25, -0.2) is 18.9 Å². The summed E-state index contributed by atoms with van der Waals surface area (Å²) in [5.41, 5.74) is -1.73. The predicted octanol–water partition coefficient (Wildman–Crippen LogP) is -1.95. The summed E-state index contributed by atoms with van der Waals surface area (Å²) >= 11 is 0. The number of nitrogens with zero attached hydrogens (tertiary/aromatic N) is 2. The Kier molecular flexibility index (Phi) is 11.4. The van der Waals surface area contributed by atoms with E-state index >= 15 is 0 Å². The number of pyridine rings is 1. The van der Waals surface area contributed by atoms with Crippen LogP contribution < -0.4 is 11.2 Å². The molecule has 0 radical (unpaired) electrons. The van der Waals surface area contributed by atoms with E-state index < -0.39 is 88.7 Å². The quantitative estimate of drug-likeness (QED) is 0.0886. The fraction of sp³-hybridized carbons (Fsp3) is 0.550. The third kappa shape index (κ3) is 8.82. The molecule has 2 aromatic heterocycles. The second kappa shape index (κ2) is 14.3. The van der Waals surface area contributed by atoms with E-state index in [9.17, 15) is 54.0 Å². The highest BCUT2D eigenvalue weighted by atomic mass is 33.1. The Morgan fingerprint density at radius 3 is 2.33 bits per heavy atom. The number of hydrogen-bond donors (Lipinski definition) is 8. The summed E-state index contributed by atoms with van der Waals surface area (Å²) in [6.45, 7) is -1.01. The van der Waals surface area contributed by atoms with E-state index in [0.29, 0.717) is 5.03 Å². The number of nitrogens with one attached hydrogen (secondary N) is 1. The highest BCUT2D eigenvalue weighted by Gasteiger charge is 2.49. The van der Waals surface area contributed by atoms with Crippen molar-refractivity contribution < 1.29 is 67.3 Å². The summed E-state index contributed by atoms with van der Waals surface area (Å²) in [5.74, 6) is -0.0218. The summed E-state index contributed by atoms with van der Waals surface area (Å²) in [6, 6.07) is 6.11. The Morgan fingerprint density at radius 1 is 0.930 bits per heavy atom. The molecule has 0 amide bonds. The topological polar surface area (TPSA) is 290 Å². The van der Waals surface area contributed by atoms with Crippen LogP contribution in [-0.2, 0) is 32.0 Å². The first-order valence-electron chi connectivity index (χ1n) is 12.1. The first-order valence-corrected chi connectivity index (χ1v) is 17.4. The fourth-order valence-corrected chi connectivity index (χ4v) is 8.15. The molecule has 2 fully saturated rings. The molecule has 2 unspecified atom stereocenters. The Hall–Kier alpha value is -1.49. The Labute approximate surface area is 249 Å². The molecule has 2 aliphatic heterocycles. The van der Waals surface area contributed by atoms with Crippen LogP contribution in [0.15, 0.2) is 51.3 Å². The minimum atomic E-state index is -5.60. The summed E-state index contributed by atoms with van der Waals surface area (Å²) in [6.07, 6.45) is -13.1. The maximum Gasteiger partial charge on any atom is 0.483 e. The zero-order chi connectivity index (χ0) is 31.5. The monoisotopic (exact) mass is 691 g/mol. The number of aromatic amines is 1. The number of ether oxygens (including phenoxy) is 2. The van der Waals surface area contributed by atoms with Crippen molar-refractivity contribution in [3.8, 4) is 0 Å². The lowest BCUT2D eigenvalue weighted by atomic mass is 10.0. The largest absolute Gasteiger partial charge is 0.483 e. The van der Waals surface area contributed by atoms with E-state index in [1.54, 1.807) is 24.4 Å². The molecule has 2 saturated heterocycles. The smallest absolute Gasteiger partial charge is 0.388 e. The van der Waals surface area contributed by atoms with Gasteiger partial charge < -0.3 is 44.8 Å². The standard InChI is InChI=1S/C20H27N3O16P2S2/c24-11-4-6-23(20(30)22-11)18-16(28)13(25)9(36-18)7-35-40(31,32)39-41(33,34)38-19-17(29)15(27)14(26)10(37-19)8-42-43-12-3-1-2-5-21-12/h1-6,9-10,13-19,25-29H,7-8H2,(H,31,32)(H,33,34)(H,22,24,30)/t9-,10-,13-,14+,15+,16-,17-,18-,19-/m1/s1. The number of rotatable bonds is 12. The molecule has 2 aromatic rings. The lowest BCUT2D eigenvalue weighted by molar-refractivity contribution is -0.270. The van der Waals surface area contributed by atoms with Crippen molar-refractivity contribution >= 4 is 37.2 Å². The second-order valence-corrected chi connectivity index (χ2v) is 14.4. The molecule has 0 spiro atoms. The van der Waals surface area contributed by atoms with Gasteiger partial charge in [-0.2, -0.15) is 4.31 Å². The number of aliphatic hydroxyl groups is 5. The van der Waals surface area contributed by atoms with Gasteiger partial charge in [0, 0.05) is 24.2 Å². The zero-order valence-corrected chi connectivity index (χ0v) is 24.9. The SMILES string of the molecule is O=c1ccn([C@@H]2O[C@H](COP(=O)(O)OP(=O)(O)O[C@H]3O[C@H](CSSc4ccccn4)[C@H](O)[C@H](O)[C@H]3O)[C@@H](O)[C@H]2O)c(=O)[nH]1. The summed E-state index contributed by atoms with van der Waals surface area (Å²) in [4.78, 5) is 49.3. The summed E-state index contributed by atoms with van der Waals surface area (Å²) in [5, 5.41) is 51.7. The number of phosphoric ester groups is 2. The fourth-order valence-electron chi connectivity index (χ4n) is 3.90.